The number of carbonyl (C=O) groups excluding carboxylic acids is 1. The third kappa shape index (κ3) is 3.79. The highest BCUT2D eigenvalue weighted by atomic mass is 16.2. The monoisotopic (exact) mass is 288 g/mol. The SMILES string of the molecule is Cc1n[nH]c(C)c1[C@H](N)C(=O)NCCNc1cccnc1. The second-order valence-corrected chi connectivity index (χ2v) is 4.78. The van der Waals surface area contributed by atoms with Gasteiger partial charge in [0.15, 0.2) is 0 Å². The Morgan fingerprint density at radius 2 is 2.24 bits per heavy atom. The number of nitrogens with two attached hydrogens (primary N) is 1. The highest BCUT2D eigenvalue weighted by Crippen LogP contribution is 2.17. The molecule has 0 aliphatic heterocycles. The molecule has 0 saturated heterocycles. The van der Waals surface area contributed by atoms with Crippen molar-refractivity contribution in [2.75, 3.05) is 18.4 Å². The molecule has 21 heavy (non-hydrogen) atoms. The van der Waals surface area contributed by atoms with Crippen LogP contribution in [-0.4, -0.2) is 34.2 Å². The number of nitrogens with one attached hydrogen (secondary N) is 3. The summed E-state index contributed by atoms with van der Waals surface area (Å²) >= 11 is 0. The van der Waals surface area contributed by atoms with E-state index in [2.05, 4.69) is 25.8 Å². The van der Waals surface area contributed by atoms with Crippen molar-refractivity contribution in [1.29, 1.82) is 0 Å². The zero-order chi connectivity index (χ0) is 15.2. The van der Waals surface area contributed by atoms with Crippen LogP contribution in [0.3, 0.4) is 0 Å². The van der Waals surface area contributed by atoms with Gasteiger partial charge in [0.25, 0.3) is 0 Å². The Labute approximate surface area is 123 Å². The van der Waals surface area contributed by atoms with Gasteiger partial charge in [-0.25, -0.2) is 0 Å². The first kappa shape index (κ1) is 15.0. The third-order valence-electron chi connectivity index (χ3n) is 3.19. The minimum Gasteiger partial charge on any atom is -0.382 e. The first-order chi connectivity index (χ1) is 10.1. The Morgan fingerprint density at radius 1 is 1.43 bits per heavy atom. The van der Waals surface area contributed by atoms with E-state index in [1.165, 1.54) is 0 Å². The number of aromatic nitrogens is 3. The number of anilines is 1. The van der Waals surface area contributed by atoms with Crippen molar-refractivity contribution in [3.8, 4) is 0 Å². The summed E-state index contributed by atoms with van der Waals surface area (Å²) in [6, 6.07) is 3.06. The third-order valence-corrected chi connectivity index (χ3v) is 3.19. The number of pyridine rings is 1. The molecule has 0 unspecified atom stereocenters. The molecule has 0 aromatic carbocycles. The van der Waals surface area contributed by atoms with E-state index in [1.807, 2.05) is 26.0 Å². The predicted molar refractivity (Wildman–Crippen MR) is 80.7 cm³/mol. The largest absolute Gasteiger partial charge is 0.382 e. The molecule has 0 bridgehead atoms. The topological polar surface area (TPSA) is 109 Å². The summed E-state index contributed by atoms with van der Waals surface area (Å²) < 4.78 is 0. The van der Waals surface area contributed by atoms with E-state index in [0.29, 0.717) is 13.1 Å². The van der Waals surface area contributed by atoms with E-state index in [1.54, 1.807) is 12.4 Å². The Bertz CT molecular complexity index is 575. The molecular weight excluding hydrogens is 268 g/mol. The van der Waals surface area contributed by atoms with Crippen molar-refractivity contribution >= 4 is 11.6 Å². The second-order valence-electron chi connectivity index (χ2n) is 4.78. The van der Waals surface area contributed by atoms with Crippen LogP contribution in [0.4, 0.5) is 5.69 Å². The van der Waals surface area contributed by atoms with E-state index in [9.17, 15) is 4.79 Å². The number of aromatic amines is 1. The fraction of sp³-hybridized carbons (Fsp3) is 0.357. The molecule has 0 aliphatic carbocycles. The van der Waals surface area contributed by atoms with Gasteiger partial charge in [-0.2, -0.15) is 5.10 Å². The van der Waals surface area contributed by atoms with Crippen LogP contribution in [0.2, 0.25) is 0 Å². The van der Waals surface area contributed by atoms with Gasteiger partial charge in [0.05, 0.1) is 11.4 Å². The number of hydrogen-bond donors (Lipinski definition) is 4. The number of carbonyl (C=O) groups is 1. The molecule has 1 atom stereocenters. The molecule has 5 N–H and O–H groups in total. The smallest absolute Gasteiger partial charge is 0.241 e. The van der Waals surface area contributed by atoms with Gasteiger partial charge in [0.2, 0.25) is 5.91 Å². The highest BCUT2D eigenvalue weighted by Gasteiger charge is 2.21. The van der Waals surface area contributed by atoms with Crippen molar-refractivity contribution in [2.45, 2.75) is 19.9 Å². The normalized spacial score (nSPS) is 12.0. The van der Waals surface area contributed by atoms with Gasteiger partial charge in [0.1, 0.15) is 6.04 Å². The van der Waals surface area contributed by atoms with Crippen molar-refractivity contribution in [1.82, 2.24) is 20.5 Å². The van der Waals surface area contributed by atoms with Crippen LogP contribution < -0.4 is 16.4 Å². The standard InChI is InChI=1S/C14H20N6O/c1-9-12(10(2)20-19-9)13(15)14(21)18-7-6-17-11-4-3-5-16-8-11/h3-5,8,13,17H,6-7,15H2,1-2H3,(H,18,21)(H,19,20)/t13-/m0/s1. The maximum Gasteiger partial charge on any atom is 0.241 e. The maximum absolute atomic E-state index is 12.0. The first-order valence-corrected chi connectivity index (χ1v) is 6.78. The lowest BCUT2D eigenvalue weighted by Crippen LogP contribution is -2.37. The molecule has 112 valence electrons. The quantitative estimate of drug-likeness (QED) is 0.584. The van der Waals surface area contributed by atoms with Crippen LogP contribution in [-0.2, 0) is 4.79 Å². The van der Waals surface area contributed by atoms with E-state index in [0.717, 1.165) is 22.6 Å². The Hall–Kier alpha value is -2.41. The second kappa shape index (κ2) is 6.85. The Balaban J connectivity index is 1.80. The van der Waals surface area contributed by atoms with E-state index in [-0.39, 0.29) is 5.91 Å². The summed E-state index contributed by atoms with van der Waals surface area (Å²) in [7, 11) is 0. The maximum atomic E-state index is 12.0. The fourth-order valence-corrected chi connectivity index (χ4v) is 2.12. The molecule has 7 heteroatoms. The van der Waals surface area contributed by atoms with E-state index >= 15 is 0 Å². The average Bonchev–Trinajstić information content (AvgIpc) is 2.83. The number of aryl methyl sites for hydroxylation is 2. The summed E-state index contributed by atoms with van der Waals surface area (Å²) in [6.07, 6.45) is 3.44. The lowest BCUT2D eigenvalue weighted by atomic mass is 10.1. The molecule has 0 radical (unpaired) electrons. The summed E-state index contributed by atoms with van der Waals surface area (Å²) in [5.41, 5.74) is 9.22. The van der Waals surface area contributed by atoms with Crippen LogP contribution in [0.5, 0.6) is 0 Å². The molecule has 0 aliphatic rings. The molecule has 0 spiro atoms. The van der Waals surface area contributed by atoms with Crippen LogP contribution in [0.25, 0.3) is 0 Å². The van der Waals surface area contributed by atoms with Gasteiger partial charge in [-0.05, 0) is 26.0 Å². The fourth-order valence-electron chi connectivity index (χ4n) is 2.12. The van der Waals surface area contributed by atoms with Gasteiger partial charge in [-0.1, -0.05) is 0 Å². The van der Waals surface area contributed by atoms with Crippen LogP contribution >= 0.6 is 0 Å². The minimum absolute atomic E-state index is 0.212. The molecule has 2 rings (SSSR count). The first-order valence-electron chi connectivity index (χ1n) is 6.78. The molecule has 2 heterocycles. The zero-order valence-corrected chi connectivity index (χ0v) is 12.2. The summed E-state index contributed by atoms with van der Waals surface area (Å²) in [5, 5.41) is 12.9. The van der Waals surface area contributed by atoms with Gasteiger partial charge in [-0.15, -0.1) is 0 Å². The van der Waals surface area contributed by atoms with Gasteiger partial charge >= 0.3 is 0 Å². The molecule has 0 saturated carbocycles. The Morgan fingerprint density at radius 3 is 2.86 bits per heavy atom. The van der Waals surface area contributed by atoms with Gasteiger partial charge in [-0.3, -0.25) is 14.9 Å². The molecular formula is C14H20N6O. The van der Waals surface area contributed by atoms with Crippen molar-refractivity contribution in [3.05, 3.63) is 41.5 Å². The molecule has 2 aromatic heterocycles. The summed E-state index contributed by atoms with van der Waals surface area (Å²) in [4.78, 5) is 16.0. The zero-order valence-electron chi connectivity index (χ0n) is 12.2. The Kier molecular flexibility index (Phi) is 4.89. The number of nitrogens with zero attached hydrogens (tertiary/aromatic N) is 2. The molecule has 7 nitrogen and oxygen atoms in total. The van der Waals surface area contributed by atoms with E-state index in [4.69, 9.17) is 5.73 Å². The van der Waals surface area contributed by atoms with E-state index < -0.39 is 6.04 Å². The average molecular weight is 288 g/mol. The lowest BCUT2D eigenvalue weighted by molar-refractivity contribution is -0.122. The van der Waals surface area contributed by atoms with Gasteiger partial charge in [0, 0.05) is 36.7 Å². The molecule has 2 aromatic rings. The summed E-state index contributed by atoms with van der Waals surface area (Å²) in [6.45, 7) is 4.77. The highest BCUT2D eigenvalue weighted by molar-refractivity contribution is 5.83. The molecule has 0 fully saturated rings. The van der Waals surface area contributed by atoms with Crippen molar-refractivity contribution in [3.63, 3.8) is 0 Å². The number of H-pyrrole nitrogens is 1. The van der Waals surface area contributed by atoms with Crippen LogP contribution in [0, 0.1) is 13.8 Å². The van der Waals surface area contributed by atoms with Gasteiger partial charge < -0.3 is 16.4 Å². The van der Waals surface area contributed by atoms with Crippen molar-refractivity contribution < 1.29 is 4.79 Å². The number of amides is 1. The lowest BCUT2D eigenvalue weighted by Gasteiger charge is -2.13. The van der Waals surface area contributed by atoms with Crippen LogP contribution in [0.15, 0.2) is 24.5 Å². The minimum atomic E-state index is -0.706. The predicted octanol–water partition coefficient (Wildman–Crippen LogP) is 0.650. The van der Waals surface area contributed by atoms with Crippen LogP contribution in [0.1, 0.15) is 23.0 Å². The number of hydrogen-bond acceptors (Lipinski definition) is 5. The number of rotatable bonds is 6. The summed E-state index contributed by atoms with van der Waals surface area (Å²) in [5.74, 6) is -0.212. The van der Waals surface area contributed by atoms with Crippen molar-refractivity contribution in [2.24, 2.45) is 5.73 Å². The molecule has 1 amide bonds.